The number of carbonyl (C=O) groups excluding carboxylic acids is 2. The van der Waals surface area contributed by atoms with E-state index in [1.807, 2.05) is 6.92 Å². The van der Waals surface area contributed by atoms with Crippen LogP contribution in [0.5, 0.6) is 0 Å². The summed E-state index contributed by atoms with van der Waals surface area (Å²) in [5.74, 6) is -0.304. The Kier molecular flexibility index (Phi) is 4.89. The van der Waals surface area contributed by atoms with E-state index in [4.69, 9.17) is 27.9 Å². The molecule has 1 saturated carbocycles. The number of rotatable bonds is 5. The average Bonchev–Trinajstić information content (AvgIpc) is 3.12. The molecule has 0 aromatic heterocycles. The summed E-state index contributed by atoms with van der Waals surface area (Å²) in [5, 5.41) is 3.67. The first-order valence-electron chi connectivity index (χ1n) is 6.34. The largest absolute Gasteiger partial charge is 0.455 e. The van der Waals surface area contributed by atoms with Crippen molar-refractivity contribution in [3.63, 3.8) is 0 Å². The third-order valence-corrected chi connectivity index (χ3v) is 3.84. The van der Waals surface area contributed by atoms with Gasteiger partial charge in [-0.25, -0.2) is 0 Å². The van der Waals surface area contributed by atoms with Gasteiger partial charge in [0.25, 0.3) is 5.91 Å². The van der Waals surface area contributed by atoms with Gasteiger partial charge in [0.1, 0.15) is 0 Å². The Labute approximate surface area is 127 Å². The van der Waals surface area contributed by atoms with Crippen LogP contribution >= 0.6 is 23.2 Å². The van der Waals surface area contributed by atoms with E-state index in [0.29, 0.717) is 16.0 Å². The predicted octanol–water partition coefficient (Wildman–Crippen LogP) is 2.81. The summed E-state index contributed by atoms with van der Waals surface area (Å²) in [7, 11) is 0. The highest BCUT2D eigenvalue weighted by molar-refractivity contribution is 6.35. The molecule has 0 heterocycles. The molecular weight excluding hydrogens is 301 g/mol. The van der Waals surface area contributed by atoms with Crippen molar-refractivity contribution < 1.29 is 14.3 Å². The van der Waals surface area contributed by atoms with Gasteiger partial charge in [0.15, 0.2) is 6.61 Å². The second-order valence-corrected chi connectivity index (χ2v) is 5.78. The molecule has 2 atom stereocenters. The summed E-state index contributed by atoms with van der Waals surface area (Å²) in [6.07, 6.45) is 0.848. The lowest BCUT2D eigenvalue weighted by molar-refractivity contribution is -0.150. The van der Waals surface area contributed by atoms with Crippen molar-refractivity contribution in [2.45, 2.75) is 19.9 Å². The molecule has 1 aliphatic rings. The predicted molar refractivity (Wildman–Crippen MR) is 76.5 cm³/mol. The van der Waals surface area contributed by atoms with Gasteiger partial charge in [-0.15, -0.1) is 0 Å². The number of hydrogen-bond donors (Lipinski definition) is 1. The molecule has 20 heavy (non-hydrogen) atoms. The van der Waals surface area contributed by atoms with Crippen LogP contribution in [0.1, 0.15) is 18.9 Å². The molecule has 108 valence electrons. The van der Waals surface area contributed by atoms with E-state index in [1.165, 1.54) is 0 Å². The van der Waals surface area contributed by atoms with E-state index in [0.717, 1.165) is 12.0 Å². The van der Waals surface area contributed by atoms with Crippen molar-refractivity contribution >= 4 is 35.1 Å². The molecule has 2 rings (SSSR count). The van der Waals surface area contributed by atoms with Crippen LogP contribution in [-0.4, -0.2) is 18.5 Å². The Morgan fingerprint density at radius 1 is 1.40 bits per heavy atom. The number of esters is 1. The van der Waals surface area contributed by atoms with Crippen LogP contribution in [0.3, 0.4) is 0 Å². The first-order valence-corrected chi connectivity index (χ1v) is 7.10. The maximum Gasteiger partial charge on any atom is 0.309 e. The minimum atomic E-state index is -0.349. The molecule has 4 nitrogen and oxygen atoms in total. The van der Waals surface area contributed by atoms with Gasteiger partial charge >= 0.3 is 5.97 Å². The molecule has 0 radical (unpaired) electrons. The Balaban J connectivity index is 1.73. The maximum atomic E-state index is 11.6. The third kappa shape index (κ3) is 4.12. The summed E-state index contributed by atoms with van der Waals surface area (Å²) >= 11 is 11.8. The van der Waals surface area contributed by atoms with E-state index in [-0.39, 0.29) is 30.9 Å². The minimum absolute atomic E-state index is 0.0338. The zero-order valence-corrected chi connectivity index (χ0v) is 12.5. The van der Waals surface area contributed by atoms with E-state index in [2.05, 4.69) is 5.32 Å². The standard InChI is InChI=1S/C14H15Cl2NO3/c1-8-4-11(8)14(19)20-7-13(18)17-6-9-2-3-10(15)5-12(9)16/h2-3,5,8,11H,4,6-7H2,1H3,(H,17,18)/t8-,11+/m0/s1. The van der Waals surface area contributed by atoms with E-state index in [1.54, 1.807) is 18.2 Å². The molecule has 0 bridgehead atoms. The molecule has 0 spiro atoms. The zero-order chi connectivity index (χ0) is 14.7. The number of hydrogen-bond acceptors (Lipinski definition) is 3. The Morgan fingerprint density at radius 3 is 2.70 bits per heavy atom. The molecular formula is C14H15Cl2NO3. The minimum Gasteiger partial charge on any atom is -0.455 e. The average molecular weight is 316 g/mol. The molecule has 1 aromatic rings. The molecule has 0 saturated heterocycles. The van der Waals surface area contributed by atoms with Gasteiger partial charge in [-0.1, -0.05) is 36.2 Å². The highest BCUT2D eigenvalue weighted by Crippen LogP contribution is 2.38. The lowest BCUT2D eigenvalue weighted by Crippen LogP contribution is -2.28. The fourth-order valence-electron chi connectivity index (χ4n) is 1.80. The van der Waals surface area contributed by atoms with Crippen molar-refractivity contribution in [2.24, 2.45) is 11.8 Å². The number of ether oxygens (including phenoxy) is 1. The highest BCUT2D eigenvalue weighted by Gasteiger charge is 2.40. The van der Waals surface area contributed by atoms with Crippen LogP contribution in [0.25, 0.3) is 0 Å². The van der Waals surface area contributed by atoms with Gasteiger partial charge in [0.2, 0.25) is 0 Å². The zero-order valence-electron chi connectivity index (χ0n) is 11.0. The molecule has 1 amide bonds. The highest BCUT2D eigenvalue weighted by atomic mass is 35.5. The number of halogens is 2. The fourth-order valence-corrected chi connectivity index (χ4v) is 2.28. The molecule has 1 N–H and O–H groups in total. The molecule has 1 fully saturated rings. The second kappa shape index (κ2) is 6.46. The van der Waals surface area contributed by atoms with Crippen LogP contribution in [-0.2, 0) is 20.9 Å². The number of nitrogens with one attached hydrogen (secondary N) is 1. The molecule has 0 unspecified atom stereocenters. The van der Waals surface area contributed by atoms with Gasteiger partial charge in [0.05, 0.1) is 5.92 Å². The third-order valence-electron chi connectivity index (χ3n) is 3.25. The summed E-state index contributed by atoms with van der Waals surface area (Å²) in [5.41, 5.74) is 0.756. The first-order chi connectivity index (χ1) is 9.47. The molecule has 6 heteroatoms. The number of carbonyl (C=O) groups is 2. The van der Waals surface area contributed by atoms with Gasteiger partial charge in [-0.3, -0.25) is 9.59 Å². The molecule has 0 aliphatic heterocycles. The normalized spacial score (nSPS) is 20.4. The lowest BCUT2D eigenvalue weighted by Gasteiger charge is -2.08. The lowest BCUT2D eigenvalue weighted by atomic mass is 10.2. The number of amides is 1. The van der Waals surface area contributed by atoms with Crippen LogP contribution in [0.4, 0.5) is 0 Å². The van der Waals surface area contributed by atoms with Crippen molar-refractivity contribution in [2.75, 3.05) is 6.61 Å². The quantitative estimate of drug-likeness (QED) is 0.850. The van der Waals surface area contributed by atoms with E-state index >= 15 is 0 Å². The summed E-state index contributed by atoms with van der Waals surface area (Å²) in [4.78, 5) is 23.0. The number of benzene rings is 1. The summed E-state index contributed by atoms with van der Waals surface area (Å²) in [6, 6.07) is 5.05. The fraction of sp³-hybridized carbons (Fsp3) is 0.429. The van der Waals surface area contributed by atoms with Gasteiger partial charge in [-0.05, 0) is 30.0 Å². The Hall–Kier alpha value is -1.26. The van der Waals surface area contributed by atoms with Crippen molar-refractivity contribution in [1.29, 1.82) is 0 Å². The van der Waals surface area contributed by atoms with E-state index < -0.39 is 0 Å². The summed E-state index contributed by atoms with van der Waals surface area (Å²) in [6.45, 7) is 1.99. The van der Waals surface area contributed by atoms with E-state index in [9.17, 15) is 9.59 Å². The first kappa shape index (κ1) is 15.1. The van der Waals surface area contributed by atoms with Crippen LogP contribution in [0, 0.1) is 11.8 Å². The molecule has 1 aromatic carbocycles. The topological polar surface area (TPSA) is 55.4 Å². The maximum absolute atomic E-state index is 11.6. The van der Waals surface area contributed by atoms with Crippen molar-refractivity contribution in [3.05, 3.63) is 33.8 Å². The Bertz CT molecular complexity index is 533. The van der Waals surface area contributed by atoms with Gasteiger partial charge in [-0.2, -0.15) is 0 Å². The van der Waals surface area contributed by atoms with Crippen LogP contribution < -0.4 is 5.32 Å². The monoisotopic (exact) mass is 315 g/mol. The van der Waals surface area contributed by atoms with Crippen molar-refractivity contribution in [3.8, 4) is 0 Å². The van der Waals surface area contributed by atoms with Gasteiger partial charge < -0.3 is 10.1 Å². The van der Waals surface area contributed by atoms with Crippen LogP contribution in [0.15, 0.2) is 18.2 Å². The SMILES string of the molecule is C[C@H]1C[C@H]1C(=O)OCC(=O)NCc1ccc(Cl)cc1Cl. The van der Waals surface area contributed by atoms with Gasteiger partial charge in [0, 0.05) is 16.6 Å². The van der Waals surface area contributed by atoms with Crippen LogP contribution in [0.2, 0.25) is 10.0 Å². The second-order valence-electron chi connectivity index (χ2n) is 4.94. The Morgan fingerprint density at radius 2 is 2.10 bits per heavy atom. The smallest absolute Gasteiger partial charge is 0.309 e. The molecule has 1 aliphatic carbocycles. The summed E-state index contributed by atoms with van der Waals surface area (Å²) < 4.78 is 4.93. The van der Waals surface area contributed by atoms with Crippen molar-refractivity contribution in [1.82, 2.24) is 5.32 Å².